The Labute approximate surface area is 48.5 Å². The minimum atomic E-state index is -0.632. The number of aliphatic hydroxyl groups is 1. The molecule has 0 aromatic carbocycles. The highest BCUT2D eigenvalue weighted by atomic mass is 16.3. The van der Waals surface area contributed by atoms with Gasteiger partial charge in [0.15, 0.2) is 0 Å². The molecule has 0 aromatic heterocycles. The van der Waals surface area contributed by atoms with Crippen LogP contribution in [0.2, 0.25) is 0 Å². The molecule has 1 amide bonds. The lowest BCUT2D eigenvalue weighted by Crippen LogP contribution is -2.28. The average Bonchev–Trinajstić information content (AvgIpc) is 1.64. The summed E-state index contributed by atoms with van der Waals surface area (Å²) in [6, 6.07) is 0. The maximum atomic E-state index is 10.2. The van der Waals surface area contributed by atoms with Gasteiger partial charge in [-0.3, -0.25) is 4.79 Å². The number of amides is 1. The molecular formula is C5H11NO2. The maximum Gasteiger partial charge on any atom is 0.222 e. The molecule has 0 bridgehead atoms. The molecule has 0 aliphatic heterocycles. The van der Waals surface area contributed by atoms with Gasteiger partial charge in [-0.15, -0.1) is 0 Å². The van der Waals surface area contributed by atoms with Gasteiger partial charge >= 0.3 is 0 Å². The van der Waals surface area contributed by atoms with E-state index in [9.17, 15) is 4.79 Å². The van der Waals surface area contributed by atoms with Gasteiger partial charge in [-0.05, 0) is 6.92 Å². The van der Waals surface area contributed by atoms with Gasteiger partial charge in [0.2, 0.25) is 5.91 Å². The van der Waals surface area contributed by atoms with Crippen LogP contribution >= 0.6 is 0 Å². The van der Waals surface area contributed by atoms with Crippen molar-refractivity contribution in [2.75, 3.05) is 0 Å². The van der Waals surface area contributed by atoms with E-state index in [2.05, 4.69) is 0 Å². The molecule has 0 rings (SSSR count). The van der Waals surface area contributed by atoms with Crippen molar-refractivity contribution >= 4 is 5.91 Å². The fourth-order valence-corrected chi connectivity index (χ4v) is 0.238. The van der Waals surface area contributed by atoms with Crippen molar-refractivity contribution < 1.29 is 9.90 Å². The Kier molecular flexibility index (Phi) is 2.48. The Bertz CT molecular complexity index is 90.4. The highest BCUT2D eigenvalue weighted by molar-refractivity contribution is 5.76. The van der Waals surface area contributed by atoms with E-state index < -0.39 is 17.9 Å². The zero-order valence-corrected chi connectivity index (χ0v) is 5.09. The van der Waals surface area contributed by atoms with Crippen LogP contribution in [0.4, 0.5) is 0 Å². The Morgan fingerprint density at radius 3 is 2.00 bits per heavy atom. The van der Waals surface area contributed by atoms with Crippen LogP contribution in [0.1, 0.15) is 13.8 Å². The van der Waals surface area contributed by atoms with Gasteiger partial charge in [-0.25, -0.2) is 0 Å². The lowest BCUT2D eigenvalue weighted by atomic mass is 10.1. The Morgan fingerprint density at radius 1 is 1.62 bits per heavy atom. The fourth-order valence-electron chi connectivity index (χ4n) is 0.238. The van der Waals surface area contributed by atoms with E-state index in [1.165, 1.54) is 6.92 Å². The van der Waals surface area contributed by atoms with Crippen molar-refractivity contribution in [1.29, 1.82) is 0 Å². The Balaban J connectivity index is 3.64. The summed E-state index contributed by atoms with van der Waals surface area (Å²) in [4.78, 5) is 10.2. The quantitative estimate of drug-likeness (QED) is 0.511. The largest absolute Gasteiger partial charge is 0.393 e. The van der Waals surface area contributed by atoms with Crippen molar-refractivity contribution in [3.05, 3.63) is 0 Å². The van der Waals surface area contributed by atoms with Crippen LogP contribution in [0.5, 0.6) is 0 Å². The normalized spacial score (nSPS) is 17.4. The molecule has 3 N–H and O–H groups in total. The third-order valence-corrected chi connectivity index (χ3v) is 1.17. The molecule has 3 nitrogen and oxygen atoms in total. The van der Waals surface area contributed by atoms with Crippen molar-refractivity contribution in [1.82, 2.24) is 0 Å². The smallest absolute Gasteiger partial charge is 0.222 e. The second kappa shape index (κ2) is 2.67. The number of carbonyl (C=O) groups excluding carboxylic acids is 1. The van der Waals surface area contributed by atoms with Crippen LogP contribution in [0.15, 0.2) is 0 Å². The van der Waals surface area contributed by atoms with E-state index in [-0.39, 0.29) is 0 Å². The highest BCUT2D eigenvalue weighted by Crippen LogP contribution is 1.98. The molecule has 0 spiro atoms. The first-order chi connectivity index (χ1) is 3.55. The van der Waals surface area contributed by atoms with Gasteiger partial charge in [0.25, 0.3) is 0 Å². The Morgan fingerprint density at radius 2 is 2.00 bits per heavy atom. The van der Waals surface area contributed by atoms with Gasteiger partial charge in [0.1, 0.15) is 0 Å². The summed E-state index contributed by atoms with van der Waals surface area (Å²) in [7, 11) is 0. The number of carbonyl (C=O) groups is 1. The molecule has 0 aliphatic carbocycles. The molecule has 0 unspecified atom stereocenters. The molecule has 8 heavy (non-hydrogen) atoms. The van der Waals surface area contributed by atoms with E-state index in [0.717, 1.165) is 0 Å². The molecule has 0 saturated heterocycles. The third-order valence-electron chi connectivity index (χ3n) is 1.17. The van der Waals surface area contributed by atoms with E-state index >= 15 is 0 Å². The summed E-state index contributed by atoms with van der Waals surface area (Å²) in [5.41, 5.74) is 4.84. The predicted octanol–water partition coefficient (Wildman–Crippen LogP) is -0.511. The topological polar surface area (TPSA) is 63.3 Å². The van der Waals surface area contributed by atoms with Crippen LogP contribution < -0.4 is 5.73 Å². The molecule has 0 aromatic rings. The van der Waals surface area contributed by atoms with E-state index in [1.54, 1.807) is 6.92 Å². The first kappa shape index (κ1) is 7.43. The second-order valence-electron chi connectivity index (χ2n) is 1.93. The molecule has 48 valence electrons. The summed E-state index contributed by atoms with van der Waals surface area (Å²) in [5, 5.41) is 8.69. The van der Waals surface area contributed by atoms with Crippen molar-refractivity contribution in [3.63, 3.8) is 0 Å². The molecule has 0 heterocycles. The maximum absolute atomic E-state index is 10.2. The number of aliphatic hydroxyl groups excluding tert-OH is 1. The standard InChI is InChI=1S/C5H11NO2/c1-3(4(2)7)5(6)8/h3-4,7H,1-2H3,(H2,6,8)/t3-,4-/m1/s1. The molecule has 0 saturated carbocycles. The van der Waals surface area contributed by atoms with Crippen molar-refractivity contribution in [2.45, 2.75) is 20.0 Å². The van der Waals surface area contributed by atoms with Crippen LogP contribution in [0, 0.1) is 5.92 Å². The predicted molar refractivity (Wildman–Crippen MR) is 30.0 cm³/mol. The highest BCUT2D eigenvalue weighted by Gasteiger charge is 2.13. The van der Waals surface area contributed by atoms with E-state index in [0.29, 0.717) is 0 Å². The Hall–Kier alpha value is -0.570. The number of hydrogen-bond acceptors (Lipinski definition) is 2. The third kappa shape index (κ3) is 1.93. The summed E-state index contributed by atoms with van der Waals surface area (Å²) in [5.74, 6) is -0.894. The van der Waals surface area contributed by atoms with Gasteiger partial charge in [-0.2, -0.15) is 0 Å². The van der Waals surface area contributed by atoms with Crippen LogP contribution in [-0.4, -0.2) is 17.1 Å². The molecule has 2 atom stereocenters. The minimum Gasteiger partial charge on any atom is -0.393 e. The van der Waals surface area contributed by atoms with Crippen LogP contribution in [0.3, 0.4) is 0 Å². The van der Waals surface area contributed by atoms with Gasteiger partial charge < -0.3 is 10.8 Å². The molecule has 3 heteroatoms. The lowest BCUT2D eigenvalue weighted by molar-refractivity contribution is -0.124. The molecule has 0 aliphatic rings. The lowest BCUT2D eigenvalue weighted by Gasteiger charge is -2.08. The molecule has 0 radical (unpaired) electrons. The first-order valence-corrected chi connectivity index (χ1v) is 2.53. The number of nitrogens with two attached hydrogens (primary N) is 1. The molecular weight excluding hydrogens is 106 g/mol. The van der Waals surface area contributed by atoms with Crippen LogP contribution in [0.25, 0.3) is 0 Å². The fraction of sp³-hybridized carbons (Fsp3) is 0.800. The first-order valence-electron chi connectivity index (χ1n) is 2.53. The van der Waals surface area contributed by atoms with E-state index in [1.807, 2.05) is 0 Å². The number of primary amides is 1. The van der Waals surface area contributed by atoms with Gasteiger partial charge in [-0.1, -0.05) is 6.92 Å². The monoisotopic (exact) mass is 117 g/mol. The van der Waals surface area contributed by atoms with Gasteiger partial charge in [0.05, 0.1) is 12.0 Å². The average molecular weight is 117 g/mol. The summed E-state index contributed by atoms with van der Waals surface area (Å²) in [6.07, 6.45) is -0.632. The van der Waals surface area contributed by atoms with Crippen molar-refractivity contribution in [3.8, 4) is 0 Å². The zero-order chi connectivity index (χ0) is 6.73. The van der Waals surface area contributed by atoms with Crippen molar-refractivity contribution in [2.24, 2.45) is 11.7 Å². The van der Waals surface area contributed by atoms with Crippen LogP contribution in [-0.2, 0) is 4.79 Å². The number of hydrogen-bond donors (Lipinski definition) is 2. The van der Waals surface area contributed by atoms with E-state index in [4.69, 9.17) is 10.8 Å². The second-order valence-corrected chi connectivity index (χ2v) is 1.93. The minimum absolute atomic E-state index is 0.435. The summed E-state index contributed by atoms with van der Waals surface area (Å²) in [6.45, 7) is 3.13. The summed E-state index contributed by atoms with van der Waals surface area (Å²) >= 11 is 0. The zero-order valence-electron chi connectivity index (χ0n) is 5.09. The SMILES string of the molecule is C[C@@H](O)[C@@H](C)C(N)=O. The number of rotatable bonds is 2. The molecule has 0 fully saturated rings. The van der Waals surface area contributed by atoms with Gasteiger partial charge in [0, 0.05) is 0 Å². The summed E-state index contributed by atoms with van der Waals surface area (Å²) < 4.78 is 0.